The van der Waals surface area contributed by atoms with Gasteiger partial charge < -0.3 is 5.73 Å². The van der Waals surface area contributed by atoms with Crippen LogP contribution < -0.4 is 5.73 Å². The van der Waals surface area contributed by atoms with Crippen molar-refractivity contribution < 1.29 is 4.79 Å². The lowest BCUT2D eigenvalue weighted by molar-refractivity contribution is -0.118. The fourth-order valence-corrected chi connectivity index (χ4v) is 1.04. The molecular formula is C8H13N3O. The van der Waals surface area contributed by atoms with Crippen LogP contribution in [0.2, 0.25) is 0 Å². The third-order valence-electron chi connectivity index (χ3n) is 1.58. The van der Waals surface area contributed by atoms with E-state index in [2.05, 4.69) is 5.10 Å². The Morgan fingerprint density at radius 1 is 1.75 bits per heavy atom. The number of rotatable bonds is 4. The molecule has 0 radical (unpaired) electrons. The number of ketones is 1. The van der Waals surface area contributed by atoms with Gasteiger partial charge in [-0.3, -0.25) is 9.48 Å². The minimum atomic E-state index is 0.172. The van der Waals surface area contributed by atoms with E-state index in [-0.39, 0.29) is 5.78 Å². The van der Waals surface area contributed by atoms with Gasteiger partial charge in [-0.2, -0.15) is 5.10 Å². The molecule has 1 aromatic heterocycles. The Morgan fingerprint density at radius 3 is 3.00 bits per heavy atom. The normalized spacial score (nSPS) is 10.2. The fourth-order valence-electron chi connectivity index (χ4n) is 1.04. The summed E-state index contributed by atoms with van der Waals surface area (Å²) in [6, 6.07) is 0. The van der Waals surface area contributed by atoms with Gasteiger partial charge in [0.1, 0.15) is 5.78 Å². The number of aryl methyl sites for hydroxylation is 1. The number of hydrogen-bond donors (Lipinski definition) is 1. The third-order valence-corrected chi connectivity index (χ3v) is 1.58. The summed E-state index contributed by atoms with van der Waals surface area (Å²) < 4.78 is 1.69. The summed E-state index contributed by atoms with van der Waals surface area (Å²) in [5.41, 5.74) is 6.20. The van der Waals surface area contributed by atoms with Crippen LogP contribution in [-0.4, -0.2) is 22.1 Å². The van der Waals surface area contributed by atoms with E-state index in [0.717, 1.165) is 5.56 Å². The SMILES string of the molecule is Cn1cc(CC(=O)CCN)cn1. The maximum atomic E-state index is 11.1. The molecule has 0 unspecified atom stereocenters. The quantitative estimate of drug-likeness (QED) is 0.680. The summed E-state index contributed by atoms with van der Waals surface area (Å²) in [6.07, 6.45) is 4.45. The largest absolute Gasteiger partial charge is 0.330 e. The summed E-state index contributed by atoms with van der Waals surface area (Å²) in [7, 11) is 1.83. The van der Waals surface area contributed by atoms with Crippen LogP contribution >= 0.6 is 0 Å². The van der Waals surface area contributed by atoms with Gasteiger partial charge in [0.15, 0.2) is 0 Å². The molecule has 0 bridgehead atoms. The predicted molar refractivity (Wildman–Crippen MR) is 45.6 cm³/mol. The van der Waals surface area contributed by atoms with Gasteiger partial charge in [-0.1, -0.05) is 0 Å². The van der Waals surface area contributed by atoms with Crippen molar-refractivity contribution in [1.29, 1.82) is 0 Å². The van der Waals surface area contributed by atoms with E-state index < -0.39 is 0 Å². The lowest BCUT2D eigenvalue weighted by atomic mass is 10.1. The first-order chi connectivity index (χ1) is 5.72. The standard InChI is InChI=1S/C8H13N3O/c1-11-6-7(5-10-11)4-8(12)2-3-9/h5-6H,2-4,9H2,1H3. The van der Waals surface area contributed by atoms with Crippen molar-refractivity contribution in [2.75, 3.05) is 6.54 Å². The molecule has 1 rings (SSSR count). The first-order valence-corrected chi connectivity index (χ1v) is 3.91. The van der Waals surface area contributed by atoms with Crippen molar-refractivity contribution in [2.24, 2.45) is 12.8 Å². The van der Waals surface area contributed by atoms with Crippen molar-refractivity contribution in [1.82, 2.24) is 9.78 Å². The van der Waals surface area contributed by atoms with Crippen molar-refractivity contribution in [3.63, 3.8) is 0 Å². The minimum Gasteiger partial charge on any atom is -0.330 e. The van der Waals surface area contributed by atoms with Crippen molar-refractivity contribution in [3.05, 3.63) is 18.0 Å². The van der Waals surface area contributed by atoms with Gasteiger partial charge >= 0.3 is 0 Å². The molecule has 0 saturated heterocycles. The van der Waals surface area contributed by atoms with E-state index in [9.17, 15) is 4.79 Å². The van der Waals surface area contributed by atoms with E-state index in [1.54, 1.807) is 10.9 Å². The molecule has 0 amide bonds. The molecule has 12 heavy (non-hydrogen) atoms. The van der Waals surface area contributed by atoms with Gasteiger partial charge in [0, 0.05) is 26.1 Å². The second-order valence-electron chi connectivity index (χ2n) is 2.78. The molecule has 0 aliphatic carbocycles. The molecule has 0 atom stereocenters. The summed E-state index contributed by atoms with van der Waals surface area (Å²) >= 11 is 0. The Labute approximate surface area is 71.4 Å². The molecule has 0 fully saturated rings. The summed E-state index contributed by atoms with van der Waals surface area (Å²) in [6.45, 7) is 0.430. The number of carbonyl (C=O) groups excluding carboxylic acids is 1. The predicted octanol–water partition coefficient (Wildman–Crippen LogP) is -0.120. The maximum Gasteiger partial charge on any atom is 0.138 e. The minimum absolute atomic E-state index is 0.172. The lowest BCUT2D eigenvalue weighted by Gasteiger charge is -1.93. The summed E-state index contributed by atoms with van der Waals surface area (Å²) in [5, 5.41) is 3.96. The monoisotopic (exact) mass is 167 g/mol. The Bertz CT molecular complexity index is 267. The van der Waals surface area contributed by atoms with Crippen LogP contribution in [0.1, 0.15) is 12.0 Å². The van der Waals surface area contributed by atoms with Gasteiger partial charge in [0.2, 0.25) is 0 Å². The van der Waals surface area contributed by atoms with Crippen molar-refractivity contribution in [2.45, 2.75) is 12.8 Å². The second kappa shape index (κ2) is 4.01. The zero-order valence-electron chi connectivity index (χ0n) is 7.16. The van der Waals surface area contributed by atoms with E-state index in [4.69, 9.17) is 5.73 Å². The average molecular weight is 167 g/mol. The molecule has 0 aromatic carbocycles. The fraction of sp³-hybridized carbons (Fsp3) is 0.500. The highest BCUT2D eigenvalue weighted by molar-refractivity contribution is 5.80. The van der Waals surface area contributed by atoms with Gasteiger partial charge in [0.25, 0.3) is 0 Å². The highest BCUT2D eigenvalue weighted by atomic mass is 16.1. The molecule has 0 saturated carbocycles. The van der Waals surface area contributed by atoms with Gasteiger partial charge in [0.05, 0.1) is 6.20 Å². The van der Waals surface area contributed by atoms with E-state index in [1.807, 2.05) is 13.2 Å². The molecule has 4 heteroatoms. The smallest absolute Gasteiger partial charge is 0.138 e. The number of nitrogens with zero attached hydrogens (tertiary/aromatic N) is 2. The molecule has 1 heterocycles. The lowest BCUT2D eigenvalue weighted by Crippen LogP contribution is -2.09. The highest BCUT2D eigenvalue weighted by Crippen LogP contribution is 1.99. The van der Waals surface area contributed by atoms with Crippen LogP contribution in [0.3, 0.4) is 0 Å². The Kier molecular flexibility index (Phi) is 2.99. The number of nitrogens with two attached hydrogens (primary N) is 1. The third kappa shape index (κ3) is 2.47. The van der Waals surface area contributed by atoms with Gasteiger partial charge in [-0.25, -0.2) is 0 Å². The van der Waals surface area contributed by atoms with E-state index >= 15 is 0 Å². The number of Topliss-reactive ketones (excluding diaryl/α,β-unsaturated/α-hetero) is 1. The van der Waals surface area contributed by atoms with Crippen molar-refractivity contribution >= 4 is 5.78 Å². The van der Waals surface area contributed by atoms with Crippen LogP contribution in [0.4, 0.5) is 0 Å². The van der Waals surface area contributed by atoms with Gasteiger partial charge in [-0.05, 0) is 12.1 Å². The Hall–Kier alpha value is -1.16. The number of aromatic nitrogens is 2. The van der Waals surface area contributed by atoms with Crippen molar-refractivity contribution in [3.8, 4) is 0 Å². The van der Waals surface area contributed by atoms with Crippen LogP contribution in [0, 0.1) is 0 Å². The average Bonchev–Trinajstić information content (AvgIpc) is 2.36. The molecule has 0 aliphatic heterocycles. The molecule has 0 aliphatic rings. The first kappa shape index (κ1) is 8.93. The Balaban J connectivity index is 2.46. The zero-order chi connectivity index (χ0) is 8.97. The molecule has 2 N–H and O–H groups in total. The van der Waals surface area contributed by atoms with Crippen LogP contribution in [0.5, 0.6) is 0 Å². The topological polar surface area (TPSA) is 60.9 Å². The summed E-state index contributed by atoms with van der Waals surface area (Å²) in [4.78, 5) is 11.1. The van der Waals surface area contributed by atoms with Crippen LogP contribution in [0.25, 0.3) is 0 Å². The number of carbonyl (C=O) groups is 1. The zero-order valence-corrected chi connectivity index (χ0v) is 7.16. The molecule has 1 aromatic rings. The maximum absolute atomic E-state index is 11.1. The Morgan fingerprint density at radius 2 is 2.50 bits per heavy atom. The molecule has 4 nitrogen and oxygen atoms in total. The molecule has 0 spiro atoms. The second-order valence-corrected chi connectivity index (χ2v) is 2.78. The molecular weight excluding hydrogens is 154 g/mol. The first-order valence-electron chi connectivity index (χ1n) is 3.91. The molecule has 66 valence electrons. The summed E-state index contributed by atoms with van der Waals surface area (Å²) in [5.74, 6) is 0.172. The van der Waals surface area contributed by atoms with E-state index in [0.29, 0.717) is 19.4 Å². The van der Waals surface area contributed by atoms with Gasteiger partial charge in [-0.15, -0.1) is 0 Å². The number of hydrogen-bond acceptors (Lipinski definition) is 3. The highest BCUT2D eigenvalue weighted by Gasteiger charge is 2.03. The van der Waals surface area contributed by atoms with E-state index in [1.165, 1.54) is 0 Å². The van der Waals surface area contributed by atoms with Crippen LogP contribution in [0.15, 0.2) is 12.4 Å². The van der Waals surface area contributed by atoms with Crippen LogP contribution in [-0.2, 0) is 18.3 Å².